The number of benzene rings is 2. The van der Waals surface area contributed by atoms with Gasteiger partial charge < -0.3 is 30.4 Å². The predicted molar refractivity (Wildman–Crippen MR) is 181 cm³/mol. The van der Waals surface area contributed by atoms with Crippen LogP contribution in [0.1, 0.15) is 51.9 Å². The number of rotatable bonds is 8. The van der Waals surface area contributed by atoms with Gasteiger partial charge in [-0.3, -0.25) is 9.69 Å². The molecule has 0 atom stereocenters. The van der Waals surface area contributed by atoms with Crippen LogP contribution in [0.2, 0.25) is 0 Å². The van der Waals surface area contributed by atoms with Gasteiger partial charge >= 0.3 is 6.09 Å². The van der Waals surface area contributed by atoms with Gasteiger partial charge in [-0.1, -0.05) is 42.9 Å². The van der Waals surface area contributed by atoms with Gasteiger partial charge in [0, 0.05) is 43.8 Å². The first-order valence-corrected chi connectivity index (χ1v) is 15.5. The Bertz CT molecular complexity index is 1560. The molecule has 0 unspecified atom stereocenters. The molecule has 1 aliphatic heterocycles. The molecule has 2 heterocycles. The van der Waals surface area contributed by atoms with Crippen molar-refractivity contribution in [3.05, 3.63) is 77.7 Å². The molecular formula is C35H46N6O4. The van der Waals surface area contributed by atoms with E-state index in [2.05, 4.69) is 75.3 Å². The zero-order valence-electron chi connectivity index (χ0n) is 27.1. The SMILES string of the molecule is CCC1=CC=C(c2nc3c(N4CCN(CCOc5ccc(OC(=O)NC(C)(C)C)c(C)c5)CC4)cccc3[nH]2)C=CC1.NC=O. The van der Waals surface area contributed by atoms with Crippen molar-refractivity contribution < 1.29 is 19.1 Å². The van der Waals surface area contributed by atoms with Crippen LogP contribution in [0, 0.1) is 6.92 Å². The molecule has 4 N–H and O–H groups in total. The van der Waals surface area contributed by atoms with Crippen LogP contribution in [0.4, 0.5) is 10.5 Å². The summed E-state index contributed by atoms with van der Waals surface area (Å²) >= 11 is 0. The molecule has 2 amide bonds. The standard InChI is InChI=1S/C34H43N5O3.CH3NO/c1-6-25-9-7-10-26(14-13-25)32-35-28-11-8-12-29(31(28)36-32)39-19-17-38(18-20-39)21-22-41-27-15-16-30(24(2)23-27)42-33(40)37-34(3,4)5;2-1-3/h7-8,10-16,23H,6,9,17-22H2,1-5H3,(H,35,36)(H,37,40);1H,(H2,2,3). The Kier molecular flexibility index (Phi) is 11.4. The number of hydrogen-bond donors (Lipinski definition) is 3. The van der Waals surface area contributed by atoms with Gasteiger partial charge in [-0.05, 0) is 76.4 Å². The highest BCUT2D eigenvalue weighted by atomic mass is 16.6. The Labute approximate surface area is 266 Å². The van der Waals surface area contributed by atoms with Gasteiger partial charge in [0.1, 0.15) is 29.4 Å². The van der Waals surface area contributed by atoms with E-state index in [4.69, 9.17) is 19.3 Å². The number of nitrogens with zero attached hydrogens (tertiary/aromatic N) is 3. The number of nitrogens with one attached hydrogen (secondary N) is 2. The lowest BCUT2D eigenvalue weighted by atomic mass is 10.1. The summed E-state index contributed by atoms with van der Waals surface area (Å²) in [5.74, 6) is 2.22. The van der Waals surface area contributed by atoms with Gasteiger partial charge in [0.15, 0.2) is 0 Å². The number of carbonyl (C=O) groups is 2. The number of H-pyrrole nitrogens is 1. The zero-order chi connectivity index (χ0) is 32.4. The zero-order valence-corrected chi connectivity index (χ0v) is 27.1. The molecule has 0 bridgehead atoms. The van der Waals surface area contributed by atoms with Crippen molar-refractivity contribution in [3.8, 4) is 11.5 Å². The number of aromatic amines is 1. The number of anilines is 1. The number of hydrogen-bond acceptors (Lipinski definition) is 7. The van der Waals surface area contributed by atoms with Crippen molar-refractivity contribution in [2.45, 2.75) is 53.0 Å². The van der Waals surface area contributed by atoms with Crippen molar-refractivity contribution in [1.29, 1.82) is 0 Å². The molecule has 3 aromatic rings. The molecule has 1 saturated heterocycles. The minimum atomic E-state index is -0.459. The second-order valence-corrected chi connectivity index (χ2v) is 12.2. The van der Waals surface area contributed by atoms with Gasteiger partial charge in [0.05, 0.1) is 11.2 Å². The molecule has 2 aliphatic rings. The highest BCUT2D eigenvalue weighted by Gasteiger charge is 2.21. The van der Waals surface area contributed by atoms with Crippen LogP contribution in [0.5, 0.6) is 11.5 Å². The average Bonchev–Trinajstić information content (AvgIpc) is 3.29. The topological polar surface area (TPSA) is 126 Å². The third-order valence-electron chi connectivity index (χ3n) is 7.61. The highest BCUT2D eigenvalue weighted by Crippen LogP contribution is 2.29. The quantitative estimate of drug-likeness (QED) is 0.276. The Morgan fingerprint density at radius 1 is 1.13 bits per heavy atom. The first-order valence-electron chi connectivity index (χ1n) is 15.5. The Hall–Kier alpha value is -4.57. The van der Waals surface area contributed by atoms with E-state index >= 15 is 0 Å². The third-order valence-corrected chi connectivity index (χ3v) is 7.61. The molecule has 240 valence electrons. The number of amides is 2. The molecule has 2 aromatic carbocycles. The number of imidazole rings is 1. The fourth-order valence-electron chi connectivity index (χ4n) is 5.26. The number of para-hydroxylation sites is 1. The van der Waals surface area contributed by atoms with Crippen LogP contribution < -0.4 is 25.4 Å². The van der Waals surface area contributed by atoms with E-state index in [1.807, 2.05) is 39.8 Å². The summed E-state index contributed by atoms with van der Waals surface area (Å²) in [7, 11) is 0. The number of piperazine rings is 1. The lowest BCUT2D eigenvalue weighted by Crippen LogP contribution is -2.47. The van der Waals surface area contributed by atoms with Crippen LogP contribution in [0.3, 0.4) is 0 Å². The number of aromatic nitrogens is 2. The van der Waals surface area contributed by atoms with Crippen LogP contribution in [0.25, 0.3) is 16.6 Å². The minimum absolute atomic E-state index is 0.250. The largest absolute Gasteiger partial charge is 0.492 e. The summed E-state index contributed by atoms with van der Waals surface area (Å²) in [5.41, 5.74) is 10.5. The lowest BCUT2D eigenvalue weighted by molar-refractivity contribution is -0.106. The van der Waals surface area contributed by atoms with E-state index in [0.29, 0.717) is 12.4 Å². The fourth-order valence-corrected chi connectivity index (χ4v) is 5.26. The van der Waals surface area contributed by atoms with Crippen molar-refractivity contribution in [2.75, 3.05) is 44.2 Å². The number of aryl methyl sites for hydroxylation is 1. The van der Waals surface area contributed by atoms with E-state index in [-0.39, 0.29) is 11.9 Å². The smallest absolute Gasteiger partial charge is 0.413 e. The van der Waals surface area contributed by atoms with E-state index in [0.717, 1.165) is 79.3 Å². The predicted octanol–water partition coefficient (Wildman–Crippen LogP) is 5.74. The van der Waals surface area contributed by atoms with E-state index in [1.165, 1.54) is 11.3 Å². The third kappa shape index (κ3) is 9.46. The summed E-state index contributed by atoms with van der Waals surface area (Å²) in [5, 5.41) is 2.81. The fraction of sp³-hybridized carbons (Fsp3) is 0.400. The number of nitrogens with two attached hydrogens (primary N) is 1. The van der Waals surface area contributed by atoms with Gasteiger partial charge in [0.25, 0.3) is 0 Å². The second kappa shape index (κ2) is 15.4. The molecule has 0 spiro atoms. The number of allylic oxidation sites excluding steroid dienone is 6. The van der Waals surface area contributed by atoms with Gasteiger partial charge in [0.2, 0.25) is 6.41 Å². The summed E-state index contributed by atoms with van der Waals surface area (Å²) in [6, 6.07) is 12.0. The molecular weight excluding hydrogens is 568 g/mol. The Morgan fingerprint density at radius 3 is 2.58 bits per heavy atom. The highest BCUT2D eigenvalue weighted by molar-refractivity contribution is 5.91. The van der Waals surface area contributed by atoms with Crippen LogP contribution in [-0.2, 0) is 4.79 Å². The lowest BCUT2D eigenvalue weighted by Gasteiger charge is -2.36. The number of primary amides is 1. The Morgan fingerprint density at radius 2 is 1.89 bits per heavy atom. The number of ether oxygens (including phenoxy) is 2. The minimum Gasteiger partial charge on any atom is -0.492 e. The van der Waals surface area contributed by atoms with Crippen molar-refractivity contribution in [3.63, 3.8) is 0 Å². The van der Waals surface area contributed by atoms with Crippen molar-refractivity contribution >= 4 is 34.8 Å². The van der Waals surface area contributed by atoms with Gasteiger partial charge in [-0.25, -0.2) is 9.78 Å². The molecule has 10 heteroatoms. The number of fused-ring (bicyclic) bond motifs is 1. The molecule has 1 aliphatic carbocycles. The van der Waals surface area contributed by atoms with E-state index in [9.17, 15) is 4.79 Å². The molecule has 0 saturated carbocycles. The monoisotopic (exact) mass is 614 g/mol. The maximum absolute atomic E-state index is 12.1. The second-order valence-electron chi connectivity index (χ2n) is 12.2. The summed E-state index contributed by atoms with van der Waals surface area (Å²) in [6.45, 7) is 15.1. The van der Waals surface area contributed by atoms with Crippen LogP contribution in [-0.4, -0.2) is 72.2 Å². The molecule has 1 fully saturated rings. The first-order chi connectivity index (χ1) is 21.6. The average molecular weight is 615 g/mol. The summed E-state index contributed by atoms with van der Waals surface area (Å²) in [6.07, 6.45) is 10.7. The molecule has 5 rings (SSSR count). The normalized spacial score (nSPS) is 15.4. The van der Waals surface area contributed by atoms with E-state index in [1.54, 1.807) is 6.07 Å². The summed E-state index contributed by atoms with van der Waals surface area (Å²) < 4.78 is 11.5. The Balaban J connectivity index is 0.00000148. The maximum atomic E-state index is 12.1. The molecule has 0 radical (unpaired) electrons. The van der Waals surface area contributed by atoms with Crippen molar-refractivity contribution in [2.24, 2.45) is 5.73 Å². The molecule has 10 nitrogen and oxygen atoms in total. The van der Waals surface area contributed by atoms with E-state index < -0.39 is 6.09 Å². The maximum Gasteiger partial charge on any atom is 0.413 e. The van der Waals surface area contributed by atoms with Gasteiger partial charge in [-0.2, -0.15) is 0 Å². The van der Waals surface area contributed by atoms with Crippen LogP contribution in [0.15, 0.2) is 66.3 Å². The molecule has 45 heavy (non-hydrogen) atoms. The number of carbonyl (C=O) groups excluding carboxylic acids is 2. The molecule has 1 aromatic heterocycles. The van der Waals surface area contributed by atoms with Gasteiger partial charge in [-0.15, -0.1) is 0 Å². The first kappa shape index (κ1) is 33.3. The van der Waals surface area contributed by atoms with Crippen molar-refractivity contribution in [1.82, 2.24) is 20.2 Å². The summed E-state index contributed by atoms with van der Waals surface area (Å²) in [4.78, 5) is 34.1. The van der Waals surface area contributed by atoms with Crippen LogP contribution >= 0.6 is 0 Å².